The van der Waals surface area contributed by atoms with Crippen molar-refractivity contribution >= 4 is 33.5 Å². The van der Waals surface area contributed by atoms with Gasteiger partial charge in [-0.25, -0.2) is 23.1 Å². The Bertz CT molecular complexity index is 978. The number of carbonyl (C=O) groups excluding carboxylic acids is 1. The van der Waals surface area contributed by atoms with Crippen molar-refractivity contribution in [3.63, 3.8) is 0 Å². The molecule has 29 heavy (non-hydrogen) atoms. The van der Waals surface area contributed by atoms with E-state index in [2.05, 4.69) is 20.0 Å². The molecule has 2 rings (SSSR count). The molecule has 0 aliphatic heterocycles. The van der Waals surface area contributed by atoms with Crippen LogP contribution in [0.15, 0.2) is 29.3 Å². The average molecular weight is 440 g/mol. The number of rotatable bonds is 9. The van der Waals surface area contributed by atoms with Crippen LogP contribution < -0.4 is 14.9 Å². The Labute approximate surface area is 176 Å². The number of sulfonamides is 1. The number of nitrogens with zero attached hydrogens (tertiary/aromatic N) is 3. The molecule has 2 N–H and O–H groups in total. The summed E-state index contributed by atoms with van der Waals surface area (Å²) in [5.74, 6) is -0.0723. The van der Waals surface area contributed by atoms with Crippen molar-refractivity contribution < 1.29 is 13.2 Å². The lowest BCUT2D eigenvalue weighted by Gasteiger charge is -2.19. The van der Waals surface area contributed by atoms with Crippen molar-refractivity contribution in [2.45, 2.75) is 32.6 Å². The van der Waals surface area contributed by atoms with Gasteiger partial charge in [0.2, 0.25) is 16.0 Å². The molecule has 158 valence electrons. The Balaban J connectivity index is 2.00. The van der Waals surface area contributed by atoms with Gasteiger partial charge in [0.05, 0.1) is 16.1 Å². The SMILES string of the molecule is CCN(CC)c1ncc(Cl)c(C(=O)NCCNS(=O)(=O)c2cc(C)ccc2C)n1. The fraction of sp³-hybridized carbons (Fsp3) is 0.421. The molecule has 0 atom stereocenters. The zero-order chi connectivity index (χ0) is 21.6. The summed E-state index contributed by atoms with van der Waals surface area (Å²) in [7, 11) is -3.67. The highest BCUT2D eigenvalue weighted by atomic mass is 35.5. The normalized spacial score (nSPS) is 11.3. The van der Waals surface area contributed by atoms with Gasteiger partial charge in [0.1, 0.15) is 0 Å². The van der Waals surface area contributed by atoms with Crippen LogP contribution in [0.5, 0.6) is 0 Å². The van der Waals surface area contributed by atoms with Crippen molar-refractivity contribution in [2.24, 2.45) is 0 Å². The summed E-state index contributed by atoms with van der Waals surface area (Å²) in [6.45, 7) is 9.00. The molecule has 0 saturated carbocycles. The van der Waals surface area contributed by atoms with Gasteiger partial charge in [0, 0.05) is 26.2 Å². The third kappa shape index (κ3) is 5.88. The Hall–Kier alpha value is -2.23. The van der Waals surface area contributed by atoms with Gasteiger partial charge in [-0.05, 0) is 44.9 Å². The first-order chi connectivity index (χ1) is 13.7. The van der Waals surface area contributed by atoms with E-state index in [9.17, 15) is 13.2 Å². The second kappa shape index (κ2) is 10.00. The molecule has 8 nitrogen and oxygen atoms in total. The quantitative estimate of drug-likeness (QED) is 0.581. The number of hydrogen-bond donors (Lipinski definition) is 2. The van der Waals surface area contributed by atoms with Crippen LogP contribution in [-0.2, 0) is 10.0 Å². The number of halogens is 1. The van der Waals surface area contributed by atoms with Crippen molar-refractivity contribution in [2.75, 3.05) is 31.1 Å². The van der Waals surface area contributed by atoms with Crippen molar-refractivity contribution in [1.29, 1.82) is 0 Å². The van der Waals surface area contributed by atoms with Gasteiger partial charge < -0.3 is 10.2 Å². The van der Waals surface area contributed by atoms with Crippen LogP contribution in [0.1, 0.15) is 35.5 Å². The first-order valence-electron chi connectivity index (χ1n) is 9.32. The summed E-state index contributed by atoms with van der Waals surface area (Å²) in [4.78, 5) is 22.9. The maximum absolute atomic E-state index is 12.5. The Morgan fingerprint density at radius 3 is 2.52 bits per heavy atom. The lowest BCUT2D eigenvalue weighted by atomic mass is 10.2. The van der Waals surface area contributed by atoms with E-state index in [0.717, 1.165) is 5.56 Å². The Morgan fingerprint density at radius 1 is 1.17 bits per heavy atom. The van der Waals surface area contributed by atoms with Gasteiger partial charge in [-0.1, -0.05) is 23.7 Å². The molecule has 1 aromatic carbocycles. The maximum atomic E-state index is 12.5. The summed E-state index contributed by atoms with van der Waals surface area (Å²) in [6, 6.07) is 5.23. The van der Waals surface area contributed by atoms with Crippen LogP contribution in [-0.4, -0.2) is 50.5 Å². The number of benzene rings is 1. The summed E-state index contributed by atoms with van der Waals surface area (Å²) in [5.41, 5.74) is 1.57. The molecule has 0 spiro atoms. The zero-order valence-electron chi connectivity index (χ0n) is 17.0. The fourth-order valence-electron chi connectivity index (χ4n) is 2.70. The van der Waals surface area contributed by atoms with Gasteiger partial charge in [0.25, 0.3) is 5.91 Å². The predicted octanol–water partition coefficient (Wildman–Crippen LogP) is 2.30. The molecule has 0 bridgehead atoms. The minimum absolute atomic E-state index is 0.0348. The average Bonchev–Trinajstić information content (AvgIpc) is 2.69. The smallest absolute Gasteiger partial charge is 0.271 e. The van der Waals surface area contributed by atoms with Gasteiger partial charge in [-0.2, -0.15) is 0 Å². The second-order valence-corrected chi connectivity index (χ2v) is 8.60. The highest BCUT2D eigenvalue weighted by Crippen LogP contribution is 2.17. The number of amides is 1. The molecule has 10 heteroatoms. The molecule has 0 radical (unpaired) electrons. The molecular formula is C19H26ClN5O3S. The van der Waals surface area contributed by atoms with Crippen molar-refractivity contribution in [3.05, 3.63) is 46.2 Å². The van der Waals surface area contributed by atoms with E-state index in [4.69, 9.17) is 11.6 Å². The number of aryl methyl sites for hydroxylation is 2. The molecule has 0 fully saturated rings. The third-order valence-electron chi connectivity index (χ3n) is 4.33. The minimum atomic E-state index is -3.67. The van der Waals surface area contributed by atoms with Crippen LogP contribution in [0.2, 0.25) is 5.02 Å². The lowest BCUT2D eigenvalue weighted by Crippen LogP contribution is -2.35. The van der Waals surface area contributed by atoms with E-state index in [0.29, 0.717) is 24.6 Å². The number of anilines is 1. The molecule has 2 aromatic rings. The molecule has 0 aliphatic rings. The summed E-state index contributed by atoms with van der Waals surface area (Å²) in [5, 5.41) is 2.77. The van der Waals surface area contributed by atoms with E-state index in [1.165, 1.54) is 6.20 Å². The molecule has 1 amide bonds. The predicted molar refractivity (Wildman–Crippen MR) is 114 cm³/mol. The molecule has 1 heterocycles. The van der Waals surface area contributed by atoms with Crippen LogP contribution in [0.4, 0.5) is 5.95 Å². The largest absolute Gasteiger partial charge is 0.349 e. The zero-order valence-corrected chi connectivity index (χ0v) is 18.6. The van der Waals surface area contributed by atoms with Gasteiger partial charge in [0.15, 0.2) is 5.69 Å². The molecule has 0 unspecified atom stereocenters. The number of carbonyl (C=O) groups is 1. The van der Waals surface area contributed by atoms with Crippen LogP contribution >= 0.6 is 11.6 Å². The maximum Gasteiger partial charge on any atom is 0.271 e. The molecule has 0 saturated heterocycles. The third-order valence-corrected chi connectivity index (χ3v) is 6.21. The highest BCUT2D eigenvalue weighted by molar-refractivity contribution is 7.89. The van der Waals surface area contributed by atoms with E-state index in [-0.39, 0.29) is 28.7 Å². The van der Waals surface area contributed by atoms with E-state index in [1.54, 1.807) is 19.1 Å². The van der Waals surface area contributed by atoms with E-state index < -0.39 is 15.9 Å². The number of aromatic nitrogens is 2. The number of hydrogen-bond acceptors (Lipinski definition) is 6. The monoisotopic (exact) mass is 439 g/mol. The Kier molecular flexibility index (Phi) is 7.95. The van der Waals surface area contributed by atoms with Gasteiger partial charge >= 0.3 is 0 Å². The first kappa shape index (κ1) is 23.1. The summed E-state index contributed by atoms with van der Waals surface area (Å²) >= 11 is 6.06. The Morgan fingerprint density at radius 2 is 1.86 bits per heavy atom. The number of nitrogens with one attached hydrogen (secondary N) is 2. The van der Waals surface area contributed by atoms with Crippen LogP contribution in [0.3, 0.4) is 0 Å². The van der Waals surface area contributed by atoms with Gasteiger partial charge in [-0.3, -0.25) is 4.79 Å². The first-order valence-corrected chi connectivity index (χ1v) is 11.2. The highest BCUT2D eigenvalue weighted by Gasteiger charge is 2.18. The standard InChI is InChI=1S/C19H26ClN5O3S/c1-5-25(6-2)19-22-12-15(20)17(24-19)18(26)21-9-10-23-29(27,28)16-11-13(3)7-8-14(16)4/h7-8,11-12,23H,5-6,9-10H2,1-4H3,(H,21,26). The van der Waals surface area contributed by atoms with Gasteiger partial charge in [-0.15, -0.1) is 0 Å². The summed E-state index contributed by atoms with van der Waals surface area (Å²) < 4.78 is 27.5. The molecule has 0 aliphatic carbocycles. The van der Waals surface area contributed by atoms with Crippen LogP contribution in [0, 0.1) is 13.8 Å². The molecule has 1 aromatic heterocycles. The van der Waals surface area contributed by atoms with Crippen LogP contribution in [0.25, 0.3) is 0 Å². The topological polar surface area (TPSA) is 104 Å². The molecular weight excluding hydrogens is 414 g/mol. The van der Waals surface area contributed by atoms with E-state index in [1.807, 2.05) is 31.7 Å². The minimum Gasteiger partial charge on any atom is -0.349 e. The fourth-order valence-corrected chi connectivity index (χ4v) is 4.23. The van der Waals surface area contributed by atoms with Crippen molar-refractivity contribution in [1.82, 2.24) is 20.0 Å². The lowest BCUT2D eigenvalue weighted by molar-refractivity contribution is 0.0949. The van der Waals surface area contributed by atoms with E-state index >= 15 is 0 Å². The summed E-state index contributed by atoms with van der Waals surface area (Å²) in [6.07, 6.45) is 1.39. The second-order valence-electron chi connectivity index (χ2n) is 6.46. The van der Waals surface area contributed by atoms with Crippen molar-refractivity contribution in [3.8, 4) is 0 Å².